The number of nitrogens with one attached hydrogen (secondary N) is 1. The zero-order valence-electron chi connectivity index (χ0n) is 18.3. The number of allylic oxidation sites excluding steroid dienone is 2. The van der Waals surface area contributed by atoms with Gasteiger partial charge in [-0.1, -0.05) is 53.6 Å². The number of esters is 2. The lowest BCUT2D eigenvalue weighted by molar-refractivity contribution is 0.0593. The Kier molecular flexibility index (Phi) is 6.07. The van der Waals surface area contributed by atoms with Gasteiger partial charge >= 0.3 is 11.9 Å². The largest absolute Gasteiger partial charge is 0.465 e. The zero-order valence-corrected chi connectivity index (χ0v) is 19.8. The Morgan fingerprint density at radius 3 is 2.59 bits per heavy atom. The molecule has 172 valence electrons. The lowest BCUT2D eigenvalue weighted by atomic mass is 9.76. The van der Waals surface area contributed by atoms with Crippen molar-refractivity contribution in [3.8, 4) is 5.75 Å². The molecular formula is C27H21Cl2NO4. The van der Waals surface area contributed by atoms with Crippen LogP contribution in [-0.2, 0) is 4.74 Å². The molecular weight excluding hydrogens is 473 g/mol. The molecule has 1 heterocycles. The van der Waals surface area contributed by atoms with E-state index in [1.54, 1.807) is 36.4 Å². The third kappa shape index (κ3) is 4.06. The van der Waals surface area contributed by atoms with Gasteiger partial charge in [-0.25, -0.2) is 9.59 Å². The highest BCUT2D eigenvalue weighted by Crippen LogP contribution is 2.51. The summed E-state index contributed by atoms with van der Waals surface area (Å²) in [5, 5.41) is 4.84. The van der Waals surface area contributed by atoms with Crippen molar-refractivity contribution in [3.63, 3.8) is 0 Å². The molecule has 3 atom stereocenters. The number of halogens is 2. The molecule has 5 rings (SSSR count). The Morgan fingerprint density at radius 2 is 1.79 bits per heavy atom. The molecule has 0 radical (unpaired) electrons. The predicted octanol–water partition coefficient (Wildman–Crippen LogP) is 6.83. The second kappa shape index (κ2) is 9.16. The third-order valence-electron chi connectivity index (χ3n) is 6.39. The molecule has 0 unspecified atom stereocenters. The van der Waals surface area contributed by atoms with Crippen LogP contribution >= 0.6 is 23.2 Å². The summed E-state index contributed by atoms with van der Waals surface area (Å²) >= 11 is 12.6. The first kappa shape index (κ1) is 22.5. The van der Waals surface area contributed by atoms with Gasteiger partial charge in [-0.2, -0.15) is 0 Å². The Balaban J connectivity index is 1.45. The van der Waals surface area contributed by atoms with E-state index in [-0.39, 0.29) is 29.2 Å². The van der Waals surface area contributed by atoms with Crippen molar-refractivity contribution in [2.75, 3.05) is 12.4 Å². The number of fused-ring (bicyclic) bond motifs is 3. The van der Waals surface area contributed by atoms with Crippen molar-refractivity contribution < 1.29 is 19.1 Å². The van der Waals surface area contributed by atoms with Crippen LogP contribution in [0.5, 0.6) is 5.75 Å². The highest BCUT2D eigenvalue weighted by Gasteiger charge is 2.39. The molecule has 0 aromatic heterocycles. The average molecular weight is 494 g/mol. The standard InChI is InChI=1S/C27H21Cl2NO4/c1-33-27(32)20-5-2-3-8-24(20)34-26(31)15-9-12-23-21(13-15)17-6-4-7-18(17)25(30-23)19-11-10-16(28)14-22(19)29/h2-6,8-14,17-18,25,30H,7H2,1H3/t17-,18+,25-/m1/s1. The molecule has 0 saturated carbocycles. The quantitative estimate of drug-likeness (QED) is 0.245. The SMILES string of the molecule is COC(=O)c1ccccc1OC(=O)c1ccc2c(c1)[C@@H]1C=CC[C@@H]1[C@H](c1ccc(Cl)cc1Cl)N2. The fraction of sp³-hybridized carbons (Fsp3) is 0.185. The van der Waals surface area contributed by atoms with Crippen molar-refractivity contribution in [1.29, 1.82) is 0 Å². The maximum atomic E-state index is 13.0. The molecule has 1 aliphatic carbocycles. The highest BCUT2D eigenvalue weighted by molar-refractivity contribution is 6.35. The summed E-state index contributed by atoms with van der Waals surface area (Å²) in [5.41, 5.74) is 3.56. The summed E-state index contributed by atoms with van der Waals surface area (Å²) in [7, 11) is 1.29. The highest BCUT2D eigenvalue weighted by atomic mass is 35.5. The number of ether oxygens (including phenoxy) is 2. The molecule has 0 saturated heterocycles. The van der Waals surface area contributed by atoms with Crippen LogP contribution in [0.25, 0.3) is 0 Å². The number of anilines is 1. The summed E-state index contributed by atoms with van der Waals surface area (Å²) in [5.74, 6) is -0.573. The number of carbonyl (C=O) groups excluding carboxylic acids is 2. The van der Waals surface area contributed by atoms with Gasteiger partial charge in [-0.3, -0.25) is 0 Å². The number of rotatable bonds is 4. The topological polar surface area (TPSA) is 64.6 Å². The average Bonchev–Trinajstić information content (AvgIpc) is 3.34. The van der Waals surface area contributed by atoms with Crippen molar-refractivity contribution in [2.24, 2.45) is 5.92 Å². The summed E-state index contributed by atoms with van der Waals surface area (Å²) < 4.78 is 10.4. The first-order valence-electron chi connectivity index (χ1n) is 10.9. The fourth-order valence-electron chi connectivity index (χ4n) is 4.78. The second-order valence-electron chi connectivity index (χ2n) is 8.32. The molecule has 3 aromatic carbocycles. The molecule has 0 bridgehead atoms. The summed E-state index contributed by atoms with van der Waals surface area (Å²) in [4.78, 5) is 25.0. The molecule has 0 amide bonds. The third-order valence-corrected chi connectivity index (χ3v) is 6.95. The monoisotopic (exact) mass is 493 g/mol. The summed E-state index contributed by atoms with van der Waals surface area (Å²) in [6.07, 6.45) is 5.24. The van der Waals surface area contributed by atoms with Crippen LogP contribution in [0.4, 0.5) is 5.69 Å². The first-order chi connectivity index (χ1) is 16.5. The zero-order chi connectivity index (χ0) is 23.8. The minimum absolute atomic E-state index is 0.0157. The number of para-hydroxylation sites is 1. The van der Waals surface area contributed by atoms with Crippen molar-refractivity contribution in [1.82, 2.24) is 0 Å². The van der Waals surface area contributed by atoms with Gasteiger partial charge < -0.3 is 14.8 Å². The van der Waals surface area contributed by atoms with Crippen LogP contribution in [0, 0.1) is 5.92 Å². The molecule has 0 fully saturated rings. The van der Waals surface area contributed by atoms with Crippen LogP contribution < -0.4 is 10.1 Å². The van der Waals surface area contributed by atoms with Crippen LogP contribution in [0.2, 0.25) is 10.0 Å². The maximum absolute atomic E-state index is 13.0. The predicted molar refractivity (Wildman–Crippen MR) is 132 cm³/mol. The van der Waals surface area contributed by atoms with Crippen molar-refractivity contribution in [2.45, 2.75) is 18.4 Å². The summed E-state index contributed by atoms with van der Waals surface area (Å²) in [6, 6.07) is 17.6. The minimum atomic E-state index is -0.566. The lowest BCUT2D eigenvalue weighted by Gasteiger charge is -2.38. The summed E-state index contributed by atoms with van der Waals surface area (Å²) in [6.45, 7) is 0. The first-order valence-corrected chi connectivity index (χ1v) is 11.6. The number of hydrogen-bond donors (Lipinski definition) is 1. The van der Waals surface area contributed by atoms with Gasteiger partial charge in [0, 0.05) is 21.7 Å². The van der Waals surface area contributed by atoms with Crippen molar-refractivity contribution in [3.05, 3.63) is 105 Å². The molecule has 2 aliphatic rings. The molecule has 1 aliphatic heterocycles. The van der Waals surface area contributed by atoms with E-state index < -0.39 is 11.9 Å². The van der Waals surface area contributed by atoms with E-state index in [1.165, 1.54) is 7.11 Å². The van der Waals surface area contributed by atoms with E-state index in [2.05, 4.69) is 17.5 Å². The fourth-order valence-corrected chi connectivity index (χ4v) is 5.30. The van der Waals surface area contributed by atoms with Crippen LogP contribution in [0.15, 0.2) is 72.8 Å². The second-order valence-corrected chi connectivity index (χ2v) is 9.16. The van der Waals surface area contributed by atoms with E-state index in [1.807, 2.05) is 24.3 Å². The molecule has 1 N–H and O–H groups in total. The van der Waals surface area contributed by atoms with Gasteiger partial charge in [-0.05, 0) is 65.9 Å². The maximum Gasteiger partial charge on any atom is 0.343 e. The van der Waals surface area contributed by atoms with E-state index in [0.717, 1.165) is 23.2 Å². The number of benzene rings is 3. The van der Waals surface area contributed by atoms with Crippen LogP contribution in [0.3, 0.4) is 0 Å². The Hall–Kier alpha value is -3.28. The van der Waals surface area contributed by atoms with E-state index in [4.69, 9.17) is 32.7 Å². The molecule has 3 aromatic rings. The van der Waals surface area contributed by atoms with Crippen molar-refractivity contribution >= 4 is 40.8 Å². The number of carbonyl (C=O) groups is 2. The Labute approximate surface area is 207 Å². The number of methoxy groups -OCH3 is 1. The van der Waals surface area contributed by atoms with E-state index in [0.29, 0.717) is 15.6 Å². The Morgan fingerprint density at radius 1 is 0.971 bits per heavy atom. The smallest absolute Gasteiger partial charge is 0.343 e. The van der Waals surface area contributed by atoms with Gasteiger partial charge in [0.2, 0.25) is 0 Å². The van der Waals surface area contributed by atoms with Gasteiger partial charge in [0.1, 0.15) is 11.3 Å². The van der Waals surface area contributed by atoms with Gasteiger partial charge in [0.25, 0.3) is 0 Å². The van der Waals surface area contributed by atoms with E-state index >= 15 is 0 Å². The normalized spacial score (nSPS) is 20.1. The minimum Gasteiger partial charge on any atom is -0.465 e. The number of hydrogen-bond acceptors (Lipinski definition) is 5. The Bertz CT molecular complexity index is 1320. The lowest BCUT2D eigenvalue weighted by Crippen LogP contribution is -2.29. The van der Waals surface area contributed by atoms with Gasteiger partial charge in [0.15, 0.2) is 0 Å². The molecule has 0 spiro atoms. The van der Waals surface area contributed by atoms with Gasteiger partial charge in [-0.15, -0.1) is 0 Å². The van der Waals surface area contributed by atoms with E-state index in [9.17, 15) is 9.59 Å². The molecule has 34 heavy (non-hydrogen) atoms. The van der Waals surface area contributed by atoms with Gasteiger partial charge in [0.05, 0.1) is 18.7 Å². The molecule has 7 heteroatoms. The van der Waals surface area contributed by atoms with Crippen LogP contribution in [-0.4, -0.2) is 19.0 Å². The van der Waals surface area contributed by atoms with Crippen LogP contribution in [0.1, 0.15) is 50.2 Å². The molecule has 5 nitrogen and oxygen atoms in total.